The molecule has 0 atom stereocenters. The van der Waals surface area contributed by atoms with Gasteiger partial charge in [-0.05, 0) is 62.2 Å². The van der Waals surface area contributed by atoms with Crippen molar-refractivity contribution in [1.82, 2.24) is 4.57 Å². The van der Waals surface area contributed by atoms with E-state index in [0.29, 0.717) is 17.0 Å². The molecule has 0 saturated carbocycles. The van der Waals surface area contributed by atoms with E-state index in [1.165, 1.54) is 16.7 Å². The highest BCUT2D eigenvalue weighted by atomic mass is 32.1. The number of rotatable bonds is 4. The van der Waals surface area contributed by atoms with E-state index in [1.807, 2.05) is 26.0 Å². The number of aryl methyl sites for hydroxylation is 3. The van der Waals surface area contributed by atoms with E-state index >= 15 is 0 Å². The van der Waals surface area contributed by atoms with Gasteiger partial charge in [0.2, 0.25) is 0 Å². The summed E-state index contributed by atoms with van der Waals surface area (Å²) >= 11 is 1.05. The summed E-state index contributed by atoms with van der Waals surface area (Å²) < 4.78 is 20.0. The second-order valence-corrected chi connectivity index (χ2v) is 7.27. The number of carbonyl (C=O) groups is 1. The second-order valence-electron chi connectivity index (χ2n) is 6.11. The summed E-state index contributed by atoms with van der Waals surface area (Å²) in [5, 5.41) is 0. The quantitative estimate of drug-likeness (QED) is 0.509. The van der Waals surface area contributed by atoms with Crippen molar-refractivity contribution in [3.63, 3.8) is 0 Å². The molecule has 3 rings (SSSR count). The number of ether oxygens (including phenoxy) is 1. The monoisotopic (exact) mass is 371 g/mol. The Balaban J connectivity index is 1.89. The molecule has 0 saturated heterocycles. The van der Waals surface area contributed by atoms with Crippen LogP contribution < -0.4 is 9.61 Å². The van der Waals surface area contributed by atoms with Crippen LogP contribution >= 0.6 is 11.3 Å². The molecule has 3 aromatic rings. The zero-order chi connectivity index (χ0) is 18.8. The first-order chi connectivity index (χ1) is 12.3. The van der Waals surface area contributed by atoms with E-state index in [1.54, 1.807) is 25.1 Å². The number of nitrogens with zero attached hydrogens (tertiary/aromatic N) is 1. The lowest BCUT2D eigenvalue weighted by Crippen LogP contribution is -2.23. The number of benzene rings is 2. The van der Waals surface area contributed by atoms with Crippen molar-refractivity contribution in [1.29, 1.82) is 0 Å². The molecule has 4 nitrogen and oxygen atoms in total. The molecule has 0 unspecified atom stereocenters. The molecular weight excluding hydrogens is 353 g/mol. The van der Waals surface area contributed by atoms with Crippen LogP contribution in [0.4, 0.5) is 4.39 Å². The van der Waals surface area contributed by atoms with Crippen LogP contribution in [0.3, 0.4) is 0 Å². The maximum absolute atomic E-state index is 13.2. The number of halogens is 1. The zero-order valence-corrected chi connectivity index (χ0v) is 15.5. The van der Waals surface area contributed by atoms with Crippen molar-refractivity contribution in [2.24, 2.45) is 0 Å². The molecular formula is C20H18FNO3S. The molecule has 1 heterocycles. The fourth-order valence-corrected chi connectivity index (χ4v) is 3.68. The van der Waals surface area contributed by atoms with Crippen LogP contribution in [0.1, 0.15) is 16.0 Å². The molecule has 6 heteroatoms. The first-order valence-corrected chi connectivity index (χ1v) is 8.91. The van der Waals surface area contributed by atoms with Crippen LogP contribution in [-0.2, 0) is 11.3 Å². The fourth-order valence-electron chi connectivity index (χ4n) is 2.82. The van der Waals surface area contributed by atoms with E-state index < -0.39 is 5.97 Å². The smallest absolute Gasteiger partial charge is 0.331 e. The Bertz CT molecular complexity index is 1020. The summed E-state index contributed by atoms with van der Waals surface area (Å²) in [6, 6.07) is 11.4. The van der Waals surface area contributed by atoms with E-state index in [0.717, 1.165) is 27.3 Å². The Morgan fingerprint density at radius 3 is 2.46 bits per heavy atom. The van der Waals surface area contributed by atoms with Crippen molar-refractivity contribution < 1.29 is 13.9 Å². The molecule has 0 fully saturated rings. The zero-order valence-electron chi connectivity index (χ0n) is 14.7. The molecule has 0 spiro atoms. The number of aromatic nitrogens is 1. The highest BCUT2D eigenvalue weighted by molar-refractivity contribution is 7.09. The van der Waals surface area contributed by atoms with Gasteiger partial charge < -0.3 is 4.74 Å². The maximum Gasteiger partial charge on any atom is 0.331 e. The number of esters is 1. The van der Waals surface area contributed by atoms with E-state index in [2.05, 4.69) is 0 Å². The van der Waals surface area contributed by atoms with Gasteiger partial charge in [-0.25, -0.2) is 9.18 Å². The van der Waals surface area contributed by atoms with Gasteiger partial charge in [0, 0.05) is 4.88 Å². The van der Waals surface area contributed by atoms with Crippen LogP contribution in [0.15, 0.2) is 47.3 Å². The number of hydrogen-bond acceptors (Lipinski definition) is 4. The SMILES string of the molecule is Cc1ccc(OC(=O)Cn2c(-c3ccc(F)cc3)c(C)sc2=O)c(C)c1. The predicted molar refractivity (Wildman–Crippen MR) is 100 cm³/mol. The van der Waals surface area contributed by atoms with Crippen molar-refractivity contribution in [3.8, 4) is 17.0 Å². The minimum atomic E-state index is -0.528. The lowest BCUT2D eigenvalue weighted by Gasteiger charge is -2.11. The van der Waals surface area contributed by atoms with Crippen LogP contribution in [0.25, 0.3) is 11.3 Å². The van der Waals surface area contributed by atoms with E-state index in [4.69, 9.17) is 4.74 Å². The van der Waals surface area contributed by atoms with Gasteiger partial charge in [0.1, 0.15) is 18.1 Å². The summed E-state index contributed by atoms with van der Waals surface area (Å²) in [5.74, 6) is -0.408. The summed E-state index contributed by atoms with van der Waals surface area (Å²) in [6.45, 7) is 5.42. The van der Waals surface area contributed by atoms with Crippen LogP contribution in [0.2, 0.25) is 0 Å². The Kier molecular flexibility index (Phi) is 5.04. The van der Waals surface area contributed by atoms with Gasteiger partial charge in [0.15, 0.2) is 0 Å². The summed E-state index contributed by atoms with van der Waals surface area (Å²) in [4.78, 5) is 25.2. The first kappa shape index (κ1) is 18.1. The first-order valence-electron chi connectivity index (χ1n) is 8.09. The minimum absolute atomic E-state index is 0.205. The minimum Gasteiger partial charge on any atom is -0.425 e. The average Bonchev–Trinajstić information content (AvgIpc) is 2.85. The van der Waals surface area contributed by atoms with Crippen molar-refractivity contribution in [3.05, 3.63) is 74.0 Å². The van der Waals surface area contributed by atoms with Crippen molar-refractivity contribution in [2.45, 2.75) is 27.3 Å². The second kappa shape index (κ2) is 7.25. The van der Waals surface area contributed by atoms with Gasteiger partial charge in [0.25, 0.3) is 0 Å². The molecule has 0 aliphatic carbocycles. The normalized spacial score (nSPS) is 10.8. The molecule has 0 aliphatic heterocycles. The van der Waals surface area contributed by atoms with Gasteiger partial charge in [-0.2, -0.15) is 0 Å². The van der Waals surface area contributed by atoms with Gasteiger partial charge >= 0.3 is 10.8 Å². The van der Waals surface area contributed by atoms with Crippen LogP contribution in [-0.4, -0.2) is 10.5 Å². The number of carbonyl (C=O) groups excluding carboxylic acids is 1. The van der Waals surface area contributed by atoms with E-state index in [-0.39, 0.29) is 17.2 Å². The maximum atomic E-state index is 13.2. The van der Waals surface area contributed by atoms with Gasteiger partial charge in [-0.1, -0.05) is 29.0 Å². The van der Waals surface area contributed by atoms with Gasteiger partial charge in [0.05, 0.1) is 5.69 Å². The van der Waals surface area contributed by atoms with Crippen molar-refractivity contribution >= 4 is 17.3 Å². The number of hydrogen-bond donors (Lipinski definition) is 0. The van der Waals surface area contributed by atoms with Gasteiger partial charge in [-0.3, -0.25) is 9.36 Å². The third-order valence-electron chi connectivity index (χ3n) is 4.02. The molecule has 0 bridgehead atoms. The molecule has 26 heavy (non-hydrogen) atoms. The molecule has 2 aromatic carbocycles. The van der Waals surface area contributed by atoms with Gasteiger partial charge in [-0.15, -0.1) is 0 Å². The molecule has 0 N–H and O–H groups in total. The van der Waals surface area contributed by atoms with Crippen LogP contribution in [0, 0.1) is 26.6 Å². The highest BCUT2D eigenvalue weighted by Gasteiger charge is 2.18. The highest BCUT2D eigenvalue weighted by Crippen LogP contribution is 2.26. The summed E-state index contributed by atoms with van der Waals surface area (Å²) in [6.07, 6.45) is 0. The molecule has 0 aliphatic rings. The Labute approximate surface area is 154 Å². The predicted octanol–water partition coefficient (Wildman–Crippen LogP) is 4.25. The Morgan fingerprint density at radius 2 is 1.81 bits per heavy atom. The lowest BCUT2D eigenvalue weighted by atomic mass is 10.1. The largest absolute Gasteiger partial charge is 0.425 e. The van der Waals surface area contributed by atoms with Crippen LogP contribution in [0.5, 0.6) is 5.75 Å². The standard InChI is InChI=1S/C20H18FNO3S/c1-12-4-9-17(13(2)10-12)25-18(23)11-22-19(14(3)26-20(22)24)15-5-7-16(21)8-6-15/h4-10H,11H2,1-3H3. The third-order valence-corrected chi connectivity index (χ3v) is 4.92. The Hall–Kier alpha value is -2.73. The summed E-state index contributed by atoms with van der Waals surface area (Å²) in [7, 11) is 0. The number of thiazole rings is 1. The molecule has 0 amide bonds. The Morgan fingerprint density at radius 1 is 1.12 bits per heavy atom. The van der Waals surface area contributed by atoms with Crippen molar-refractivity contribution in [2.75, 3.05) is 0 Å². The molecule has 0 radical (unpaired) electrons. The summed E-state index contributed by atoms with van der Waals surface area (Å²) in [5.41, 5.74) is 3.22. The topological polar surface area (TPSA) is 48.3 Å². The lowest BCUT2D eigenvalue weighted by molar-refractivity contribution is -0.135. The molecule has 134 valence electrons. The molecule has 1 aromatic heterocycles. The average molecular weight is 371 g/mol. The fraction of sp³-hybridized carbons (Fsp3) is 0.200. The third kappa shape index (κ3) is 3.75. The van der Waals surface area contributed by atoms with E-state index in [9.17, 15) is 14.0 Å².